The number of nitrogens with one attached hydrogen (secondary N) is 1. The molecule has 6 nitrogen and oxygen atoms in total. The highest BCUT2D eigenvalue weighted by Crippen LogP contribution is 2.30. The van der Waals surface area contributed by atoms with E-state index in [0.29, 0.717) is 5.69 Å². The number of carbonyl (C=O) groups excluding carboxylic acids is 1. The molecule has 0 heterocycles. The number of nitrogens with zero attached hydrogens (tertiary/aromatic N) is 1. The highest BCUT2D eigenvalue weighted by atomic mass is 35.5. The lowest BCUT2D eigenvalue weighted by Crippen LogP contribution is -2.30. The third-order valence-electron chi connectivity index (χ3n) is 3.42. The number of ether oxygens (including phenoxy) is 1. The quantitative estimate of drug-likeness (QED) is 0.626. The van der Waals surface area contributed by atoms with Crippen molar-refractivity contribution in [3.8, 4) is 5.75 Å². The Morgan fingerprint density at radius 2 is 1.96 bits per heavy atom. The molecular formula is C17H17ClN2O4. The van der Waals surface area contributed by atoms with Crippen molar-refractivity contribution in [3.63, 3.8) is 0 Å². The van der Waals surface area contributed by atoms with E-state index in [1.54, 1.807) is 12.1 Å². The summed E-state index contributed by atoms with van der Waals surface area (Å²) in [4.78, 5) is 22.6. The molecule has 1 atom stereocenters. The molecule has 0 unspecified atom stereocenters. The Bertz CT molecular complexity index is 747. The van der Waals surface area contributed by atoms with Gasteiger partial charge in [-0.1, -0.05) is 30.7 Å². The zero-order valence-electron chi connectivity index (χ0n) is 13.3. The minimum absolute atomic E-state index is 0.00613. The van der Waals surface area contributed by atoms with Crippen LogP contribution in [0.5, 0.6) is 5.75 Å². The number of nitro groups is 1. The normalized spacial score (nSPS) is 11.6. The molecule has 0 radical (unpaired) electrons. The number of aryl methyl sites for hydroxylation is 1. The number of halogens is 1. The number of hydrogen-bond donors (Lipinski definition) is 1. The molecule has 1 N–H and O–H groups in total. The highest BCUT2D eigenvalue weighted by molar-refractivity contribution is 6.30. The van der Waals surface area contributed by atoms with Crippen LogP contribution in [0.25, 0.3) is 0 Å². The van der Waals surface area contributed by atoms with E-state index in [1.165, 1.54) is 25.1 Å². The van der Waals surface area contributed by atoms with Gasteiger partial charge in [-0.3, -0.25) is 14.9 Å². The van der Waals surface area contributed by atoms with Crippen LogP contribution in [0, 0.1) is 10.1 Å². The summed E-state index contributed by atoms with van der Waals surface area (Å²) in [7, 11) is 0. The Morgan fingerprint density at radius 3 is 2.54 bits per heavy atom. The van der Waals surface area contributed by atoms with Crippen molar-refractivity contribution in [3.05, 3.63) is 63.2 Å². The van der Waals surface area contributed by atoms with Gasteiger partial charge >= 0.3 is 5.69 Å². The van der Waals surface area contributed by atoms with Gasteiger partial charge in [0.25, 0.3) is 5.91 Å². The van der Waals surface area contributed by atoms with Crippen molar-refractivity contribution in [2.75, 3.05) is 5.32 Å². The third kappa shape index (κ3) is 4.45. The van der Waals surface area contributed by atoms with E-state index in [9.17, 15) is 14.9 Å². The van der Waals surface area contributed by atoms with Crippen LogP contribution < -0.4 is 10.1 Å². The van der Waals surface area contributed by atoms with E-state index < -0.39 is 16.9 Å². The summed E-state index contributed by atoms with van der Waals surface area (Å²) < 4.78 is 5.43. The predicted octanol–water partition coefficient (Wildman–Crippen LogP) is 4.22. The number of benzene rings is 2. The number of nitro benzene ring substituents is 1. The van der Waals surface area contributed by atoms with E-state index in [1.807, 2.05) is 19.1 Å². The lowest BCUT2D eigenvalue weighted by Gasteiger charge is -2.15. The SMILES string of the molecule is CCc1ccc(NC(=O)[C@@H](C)Oc2ccc(Cl)cc2[N+](=O)[O-])cc1. The fraction of sp³-hybridized carbons (Fsp3) is 0.235. The Labute approximate surface area is 144 Å². The average Bonchev–Trinajstić information content (AvgIpc) is 2.56. The molecule has 0 saturated carbocycles. The molecule has 0 aliphatic carbocycles. The number of hydrogen-bond acceptors (Lipinski definition) is 4. The van der Waals surface area contributed by atoms with Crippen LogP contribution in [-0.2, 0) is 11.2 Å². The second kappa shape index (κ2) is 7.79. The average molecular weight is 349 g/mol. The van der Waals surface area contributed by atoms with Crippen molar-refractivity contribution < 1.29 is 14.5 Å². The van der Waals surface area contributed by atoms with Crippen LogP contribution in [0.2, 0.25) is 5.02 Å². The molecule has 24 heavy (non-hydrogen) atoms. The van der Waals surface area contributed by atoms with Crippen LogP contribution in [0.15, 0.2) is 42.5 Å². The minimum atomic E-state index is -0.907. The fourth-order valence-electron chi connectivity index (χ4n) is 2.04. The second-order valence-corrected chi connectivity index (χ2v) is 5.61. The minimum Gasteiger partial charge on any atom is -0.474 e. The Kier molecular flexibility index (Phi) is 5.76. The number of carbonyl (C=O) groups is 1. The molecule has 126 valence electrons. The van der Waals surface area contributed by atoms with E-state index >= 15 is 0 Å². The number of amides is 1. The summed E-state index contributed by atoms with van der Waals surface area (Å²) in [6.45, 7) is 3.57. The summed E-state index contributed by atoms with van der Waals surface area (Å²) in [5, 5.41) is 14.0. The molecule has 0 aromatic heterocycles. The molecule has 2 rings (SSSR count). The van der Waals surface area contributed by atoms with Gasteiger partial charge in [0.15, 0.2) is 11.9 Å². The predicted molar refractivity (Wildman–Crippen MR) is 92.6 cm³/mol. The summed E-state index contributed by atoms with van der Waals surface area (Å²) in [5.41, 5.74) is 1.52. The van der Waals surface area contributed by atoms with Gasteiger partial charge in [0.1, 0.15) is 0 Å². The Morgan fingerprint density at radius 1 is 1.29 bits per heavy atom. The van der Waals surface area contributed by atoms with Gasteiger partial charge in [-0.15, -0.1) is 0 Å². The molecule has 0 bridgehead atoms. The van der Waals surface area contributed by atoms with E-state index in [-0.39, 0.29) is 16.5 Å². The largest absolute Gasteiger partial charge is 0.474 e. The maximum atomic E-state index is 12.2. The molecule has 7 heteroatoms. The van der Waals surface area contributed by atoms with Crippen LogP contribution in [0.1, 0.15) is 19.4 Å². The molecule has 1 amide bonds. The van der Waals surface area contributed by atoms with Crippen LogP contribution in [0.3, 0.4) is 0 Å². The van der Waals surface area contributed by atoms with Gasteiger partial charge in [-0.2, -0.15) is 0 Å². The van der Waals surface area contributed by atoms with Crippen LogP contribution >= 0.6 is 11.6 Å². The van der Waals surface area contributed by atoms with Gasteiger partial charge in [0.05, 0.1) is 4.92 Å². The van der Waals surface area contributed by atoms with Crippen molar-refractivity contribution in [2.45, 2.75) is 26.4 Å². The highest BCUT2D eigenvalue weighted by Gasteiger charge is 2.21. The topological polar surface area (TPSA) is 81.5 Å². The molecule has 0 saturated heterocycles. The molecule has 0 fully saturated rings. The first-order chi connectivity index (χ1) is 11.4. The Hall–Kier alpha value is -2.60. The maximum Gasteiger partial charge on any atom is 0.312 e. The van der Waals surface area contributed by atoms with Gasteiger partial charge in [0.2, 0.25) is 0 Å². The van der Waals surface area contributed by atoms with Gasteiger partial charge in [-0.05, 0) is 43.2 Å². The smallest absolute Gasteiger partial charge is 0.312 e. The van der Waals surface area contributed by atoms with Crippen LogP contribution in [-0.4, -0.2) is 16.9 Å². The third-order valence-corrected chi connectivity index (χ3v) is 3.66. The monoisotopic (exact) mass is 348 g/mol. The lowest BCUT2D eigenvalue weighted by atomic mass is 10.1. The summed E-state index contributed by atoms with van der Waals surface area (Å²) in [6, 6.07) is 11.5. The molecule has 2 aromatic rings. The number of anilines is 1. The first kappa shape index (κ1) is 17.7. The van der Waals surface area contributed by atoms with Crippen molar-refractivity contribution in [1.29, 1.82) is 0 Å². The van der Waals surface area contributed by atoms with Gasteiger partial charge in [-0.25, -0.2) is 0 Å². The summed E-state index contributed by atoms with van der Waals surface area (Å²) in [5.74, 6) is -0.406. The van der Waals surface area contributed by atoms with Crippen LogP contribution in [0.4, 0.5) is 11.4 Å². The fourth-order valence-corrected chi connectivity index (χ4v) is 2.21. The summed E-state index contributed by atoms with van der Waals surface area (Å²) >= 11 is 5.75. The van der Waals surface area contributed by atoms with Gasteiger partial charge in [0, 0.05) is 16.8 Å². The standard InChI is InChI=1S/C17H17ClN2O4/c1-3-12-4-7-14(8-5-12)19-17(21)11(2)24-16-9-6-13(18)10-15(16)20(22)23/h4-11H,3H2,1-2H3,(H,19,21)/t11-/m1/s1. The molecule has 0 aliphatic heterocycles. The van der Waals surface area contributed by atoms with Crippen molar-refractivity contribution in [2.24, 2.45) is 0 Å². The maximum absolute atomic E-state index is 12.2. The zero-order chi connectivity index (χ0) is 17.7. The molecule has 0 aliphatic rings. The molecule has 0 spiro atoms. The first-order valence-corrected chi connectivity index (χ1v) is 7.79. The summed E-state index contributed by atoms with van der Waals surface area (Å²) in [6.07, 6.45) is 0.00395. The van der Waals surface area contributed by atoms with Crippen molar-refractivity contribution >= 4 is 28.9 Å². The second-order valence-electron chi connectivity index (χ2n) is 5.17. The molecular weight excluding hydrogens is 332 g/mol. The molecule has 2 aromatic carbocycles. The van der Waals surface area contributed by atoms with E-state index in [2.05, 4.69) is 5.32 Å². The van der Waals surface area contributed by atoms with E-state index in [4.69, 9.17) is 16.3 Å². The van der Waals surface area contributed by atoms with Gasteiger partial charge < -0.3 is 10.1 Å². The first-order valence-electron chi connectivity index (χ1n) is 7.41. The number of rotatable bonds is 6. The van der Waals surface area contributed by atoms with Crippen molar-refractivity contribution in [1.82, 2.24) is 0 Å². The Balaban J connectivity index is 2.07. The van der Waals surface area contributed by atoms with E-state index in [0.717, 1.165) is 12.0 Å². The zero-order valence-corrected chi connectivity index (χ0v) is 14.0. The lowest BCUT2D eigenvalue weighted by molar-refractivity contribution is -0.386.